The van der Waals surface area contributed by atoms with Crippen molar-refractivity contribution in [2.75, 3.05) is 12.4 Å². The number of methoxy groups -OCH3 is 1. The van der Waals surface area contributed by atoms with E-state index in [1.165, 1.54) is 4.07 Å². The van der Waals surface area contributed by atoms with Crippen molar-refractivity contribution in [2.24, 2.45) is 4.99 Å². The van der Waals surface area contributed by atoms with Gasteiger partial charge in [-0.25, -0.2) is 0 Å². The fourth-order valence-corrected chi connectivity index (χ4v) is 3.76. The largest absolute Gasteiger partial charge is 0.497 e. The van der Waals surface area contributed by atoms with E-state index in [-0.39, 0.29) is 10.4 Å². The summed E-state index contributed by atoms with van der Waals surface area (Å²) in [4.78, 5) is 29.9. The average Bonchev–Trinajstić information content (AvgIpc) is 3.24. The molecule has 1 heterocycles. The summed E-state index contributed by atoms with van der Waals surface area (Å²) < 4.78 is 6.83. The number of hydrogen-bond acceptors (Lipinski definition) is 5. The van der Waals surface area contributed by atoms with Crippen LogP contribution in [0.25, 0.3) is 5.69 Å². The van der Waals surface area contributed by atoms with Crippen LogP contribution in [0.2, 0.25) is 5.02 Å². The number of ether oxygens (including phenoxy) is 1. The zero-order valence-corrected chi connectivity index (χ0v) is 18.4. The Morgan fingerprint density at radius 1 is 1.00 bits per heavy atom. The lowest BCUT2D eigenvalue weighted by Gasteiger charge is -2.02. The van der Waals surface area contributed by atoms with E-state index in [9.17, 15) is 9.59 Å². The van der Waals surface area contributed by atoms with E-state index < -0.39 is 11.8 Å². The fraction of sp³-hybridized carbons (Fsp3) is 0.0435. The first-order valence-electron chi connectivity index (χ1n) is 9.49. The Kier molecular flexibility index (Phi) is 6.44. The number of carbonyl (C=O) groups is 2. The van der Waals surface area contributed by atoms with Crippen molar-refractivity contribution < 1.29 is 14.3 Å². The topological polar surface area (TPSA) is 85.6 Å². The first kappa shape index (κ1) is 21.5. The molecule has 32 heavy (non-hydrogen) atoms. The summed E-state index contributed by atoms with van der Waals surface area (Å²) in [6, 6.07) is 22.5. The quantitative estimate of drug-likeness (QED) is 0.468. The van der Waals surface area contributed by atoms with Crippen molar-refractivity contribution >= 4 is 40.6 Å². The van der Waals surface area contributed by atoms with Gasteiger partial charge in [0, 0.05) is 16.3 Å². The van der Waals surface area contributed by atoms with Crippen LogP contribution in [0.5, 0.6) is 5.75 Å². The van der Waals surface area contributed by atoms with Crippen LogP contribution in [-0.2, 0) is 0 Å². The Hall–Kier alpha value is -3.75. The monoisotopic (exact) mass is 464 g/mol. The summed E-state index contributed by atoms with van der Waals surface area (Å²) in [5.41, 5.74) is 1.70. The number of nitrogens with one attached hydrogen (secondary N) is 1. The molecular formula is C23H17ClN4O3S. The molecule has 0 bridgehead atoms. The van der Waals surface area contributed by atoms with Crippen LogP contribution in [-0.4, -0.2) is 28.1 Å². The number of para-hydroxylation sites is 1. The second kappa shape index (κ2) is 9.59. The molecule has 7 nitrogen and oxygen atoms in total. The smallest absolute Gasteiger partial charge is 0.279 e. The van der Waals surface area contributed by atoms with Crippen molar-refractivity contribution in [3.63, 3.8) is 0 Å². The normalized spacial score (nSPS) is 11.2. The number of hydrogen-bond donors (Lipinski definition) is 1. The van der Waals surface area contributed by atoms with Crippen LogP contribution in [0, 0.1) is 0 Å². The Morgan fingerprint density at radius 2 is 1.69 bits per heavy atom. The summed E-state index contributed by atoms with van der Waals surface area (Å²) in [7, 11) is 1.55. The van der Waals surface area contributed by atoms with Crippen LogP contribution < -0.4 is 14.7 Å². The van der Waals surface area contributed by atoms with Gasteiger partial charge in [0.25, 0.3) is 11.8 Å². The van der Waals surface area contributed by atoms with Crippen LogP contribution in [0.4, 0.5) is 5.69 Å². The molecular weight excluding hydrogens is 448 g/mol. The predicted octanol–water partition coefficient (Wildman–Crippen LogP) is 4.59. The van der Waals surface area contributed by atoms with E-state index in [4.69, 9.17) is 16.3 Å². The van der Waals surface area contributed by atoms with Gasteiger partial charge in [-0.05, 0) is 72.2 Å². The average molecular weight is 465 g/mol. The summed E-state index contributed by atoms with van der Waals surface area (Å²) in [5, 5.41) is 7.75. The molecule has 160 valence electrons. The molecule has 2 amide bonds. The van der Waals surface area contributed by atoms with Gasteiger partial charge in [0.15, 0.2) is 10.4 Å². The van der Waals surface area contributed by atoms with Gasteiger partial charge in [-0.2, -0.15) is 9.06 Å². The molecule has 1 aromatic heterocycles. The first-order chi connectivity index (χ1) is 15.5. The van der Waals surface area contributed by atoms with Crippen molar-refractivity contribution in [1.82, 2.24) is 9.17 Å². The highest BCUT2D eigenvalue weighted by molar-refractivity contribution is 7.04. The number of aromatic nitrogens is 2. The molecule has 0 aliphatic heterocycles. The highest BCUT2D eigenvalue weighted by atomic mass is 35.5. The van der Waals surface area contributed by atoms with Crippen molar-refractivity contribution in [3.8, 4) is 11.4 Å². The summed E-state index contributed by atoms with van der Waals surface area (Å²) in [6.07, 6.45) is 0. The zero-order chi connectivity index (χ0) is 22.5. The van der Waals surface area contributed by atoms with Gasteiger partial charge in [0.1, 0.15) is 5.75 Å². The SMILES string of the molecule is COc1ccc(C(=O)N=c2sn(-c3ccc(Cl)cc3)nc2C(=O)Nc2ccccc2)cc1. The number of benzene rings is 3. The Balaban J connectivity index is 1.74. The number of halogens is 1. The highest BCUT2D eigenvalue weighted by Crippen LogP contribution is 2.16. The standard InChI is InChI=1S/C23H17ClN4O3S/c1-31-19-13-7-15(8-14-19)21(29)26-23-20(22(30)25-17-5-3-2-4-6-17)27-28(32-23)18-11-9-16(24)10-12-18/h2-14H,1H3,(H,25,30). The van der Waals surface area contributed by atoms with E-state index in [2.05, 4.69) is 15.4 Å². The highest BCUT2D eigenvalue weighted by Gasteiger charge is 2.17. The maximum absolute atomic E-state index is 12.9. The molecule has 0 aliphatic rings. The molecule has 0 radical (unpaired) electrons. The third-order valence-corrected chi connectivity index (χ3v) is 5.58. The zero-order valence-electron chi connectivity index (χ0n) is 16.9. The molecule has 0 unspecified atom stereocenters. The van der Waals surface area contributed by atoms with Gasteiger partial charge in [-0.15, -0.1) is 5.10 Å². The van der Waals surface area contributed by atoms with E-state index in [0.717, 1.165) is 11.5 Å². The maximum atomic E-state index is 12.9. The number of rotatable bonds is 5. The molecule has 0 atom stereocenters. The van der Waals surface area contributed by atoms with Crippen LogP contribution in [0.15, 0.2) is 83.9 Å². The first-order valence-corrected chi connectivity index (χ1v) is 10.6. The number of nitrogens with zero attached hydrogens (tertiary/aromatic N) is 3. The third kappa shape index (κ3) is 4.93. The number of amides is 2. The molecule has 0 fully saturated rings. The van der Waals surface area contributed by atoms with E-state index in [1.807, 2.05) is 18.2 Å². The Labute approximate surface area is 192 Å². The summed E-state index contributed by atoms with van der Waals surface area (Å²) in [6.45, 7) is 0. The van der Waals surface area contributed by atoms with E-state index in [0.29, 0.717) is 27.7 Å². The lowest BCUT2D eigenvalue weighted by molar-refractivity contribution is 0.0999. The minimum atomic E-state index is -0.492. The molecule has 4 aromatic rings. The lowest BCUT2D eigenvalue weighted by atomic mass is 10.2. The summed E-state index contributed by atoms with van der Waals surface area (Å²) >= 11 is 7.05. The van der Waals surface area contributed by atoms with Gasteiger partial charge >= 0.3 is 0 Å². The van der Waals surface area contributed by atoms with Crippen molar-refractivity contribution in [2.45, 2.75) is 0 Å². The fourth-order valence-electron chi connectivity index (χ4n) is 2.78. The maximum Gasteiger partial charge on any atom is 0.279 e. The third-order valence-electron chi connectivity index (χ3n) is 4.40. The van der Waals surface area contributed by atoms with Crippen LogP contribution in [0.3, 0.4) is 0 Å². The molecule has 0 saturated heterocycles. The van der Waals surface area contributed by atoms with Gasteiger partial charge in [-0.1, -0.05) is 29.8 Å². The molecule has 1 N–H and O–H groups in total. The second-order valence-corrected chi connectivity index (χ2v) is 7.91. The second-order valence-electron chi connectivity index (χ2n) is 6.56. The van der Waals surface area contributed by atoms with Crippen LogP contribution >= 0.6 is 23.1 Å². The minimum Gasteiger partial charge on any atom is -0.497 e. The molecule has 3 aromatic carbocycles. The molecule has 9 heteroatoms. The molecule has 0 aliphatic carbocycles. The van der Waals surface area contributed by atoms with E-state index in [1.54, 1.807) is 67.8 Å². The number of anilines is 1. The van der Waals surface area contributed by atoms with Gasteiger partial charge < -0.3 is 10.1 Å². The Bertz CT molecular complexity index is 1310. The van der Waals surface area contributed by atoms with Crippen molar-refractivity contribution in [3.05, 3.63) is 99.8 Å². The molecule has 4 rings (SSSR count). The number of carbonyl (C=O) groups excluding carboxylic acids is 2. The Morgan fingerprint density at radius 3 is 2.34 bits per heavy atom. The van der Waals surface area contributed by atoms with Gasteiger partial charge in [0.2, 0.25) is 0 Å². The molecule has 0 spiro atoms. The summed E-state index contributed by atoms with van der Waals surface area (Å²) in [5.74, 6) is -0.336. The van der Waals surface area contributed by atoms with Crippen LogP contribution in [0.1, 0.15) is 20.8 Å². The lowest BCUT2D eigenvalue weighted by Crippen LogP contribution is -2.20. The predicted molar refractivity (Wildman–Crippen MR) is 124 cm³/mol. The van der Waals surface area contributed by atoms with Crippen molar-refractivity contribution in [1.29, 1.82) is 0 Å². The van der Waals surface area contributed by atoms with Gasteiger partial charge in [-0.3, -0.25) is 9.59 Å². The molecule has 0 saturated carbocycles. The van der Waals surface area contributed by atoms with Gasteiger partial charge in [0.05, 0.1) is 12.8 Å². The minimum absolute atomic E-state index is 0.0377. The van der Waals surface area contributed by atoms with E-state index >= 15 is 0 Å².